The van der Waals surface area contributed by atoms with Gasteiger partial charge in [0.25, 0.3) is 0 Å². The Balaban J connectivity index is 1.79. The van der Waals surface area contributed by atoms with Crippen LogP contribution in [0.15, 0.2) is 0 Å². The number of nitrogens with one attached hydrogen (secondary N) is 1. The lowest BCUT2D eigenvalue weighted by Crippen LogP contribution is -2.48. The van der Waals surface area contributed by atoms with Crippen LogP contribution >= 0.6 is 0 Å². The molecule has 2 aliphatic heterocycles. The van der Waals surface area contributed by atoms with Gasteiger partial charge in [0.2, 0.25) is 5.88 Å². The van der Waals surface area contributed by atoms with Gasteiger partial charge in [-0.25, -0.2) is 9.78 Å². The van der Waals surface area contributed by atoms with Gasteiger partial charge < -0.3 is 19.7 Å². The van der Waals surface area contributed by atoms with E-state index in [-0.39, 0.29) is 18.1 Å². The smallest absolute Gasteiger partial charge is 0.317 e. The Morgan fingerprint density at radius 3 is 2.92 bits per heavy atom. The maximum absolute atomic E-state index is 12.1. The minimum Gasteiger partial charge on any atom is -0.472 e. The molecule has 0 aromatic carbocycles. The van der Waals surface area contributed by atoms with Gasteiger partial charge in [-0.3, -0.25) is 0 Å². The fourth-order valence-electron chi connectivity index (χ4n) is 3.42. The van der Waals surface area contributed by atoms with Crippen molar-refractivity contribution < 1.29 is 14.3 Å². The van der Waals surface area contributed by atoms with Crippen LogP contribution in [0.5, 0.6) is 5.88 Å². The number of aromatic nitrogens is 2. The number of rotatable bonds is 4. The van der Waals surface area contributed by atoms with E-state index in [0.29, 0.717) is 32.2 Å². The van der Waals surface area contributed by atoms with Crippen LogP contribution < -0.4 is 10.1 Å². The molecule has 0 spiro atoms. The van der Waals surface area contributed by atoms with Gasteiger partial charge in [0, 0.05) is 37.4 Å². The third-order valence-electron chi connectivity index (χ3n) is 4.84. The van der Waals surface area contributed by atoms with Crippen LogP contribution in [0.1, 0.15) is 56.6 Å². The van der Waals surface area contributed by atoms with Gasteiger partial charge in [-0.1, -0.05) is 13.8 Å². The predicted molar refractivity (Wildman–Crippen MR) is 98.6 cm³/mol. The highest BCUT2D eigenvalue weighted by Crippen LogP contribution is 2.27. The highest BCUT2D eigenvalue weighted by molar-refractivity contribution is 5.74. The normalized spacial score (nSPS) is 20.5. The number of hydrogen-bond donors (Lipinski definition) is 1. The Morgan fingerprint density at radius 1 is 1.35 bits per heavy atom. The predicted octanol–water partition coefficient (Wildman–Crippen LogP) is 2.29. The first-order valence-electron chi connectivity index (χ1n) is 9.75. The Hall–Kier alpha value is -1.89. The van der Waals surface area contributed by atoms with Crippen molar-refractivity contribution in [2.75, 3.05) is 32.8 Å². The molecule has 3 rings (SSSR count). The summed E-state index contributed by atoms with van der Waals surface area (Å²) in [5.74, 6) is 1.74. The first-order valence-corrected chi connectivity index (χ1v) is 9.75. The van der Waals surface area contributed by atoms with Crippen LogP contribution in [0, 0.1) is 0 Å². The van der Waals surface area contributed by atoms with E-state index in [0.717, 1.165) is 49.3 Å². The summed E-state index contributed by atoms with van der Waals surface area (Å²) in [5.41, 5.74) is 2.12. The number of ether oxygens (including phenoxy) is 2. The molecule has 0 unspecified atom stereocenters. The lowest BCUT2D eigenvalue weighted by atomic mass is 10.1. The van der Waals surface area contributed by atoms with Crippen molar-refractivity contribution in [2.24, 2.45) is 0 Å². The summed E-state index contributed by atoms with van der Waals surface area (Å²) >= 11 is 0. The van der Waals surface area contributed by atoms with E-state index >= 15 is 0 Å². The van der Waals surface area contributed by atoms with E-state index in [1.54, 1.807) is 0 Å². The van der Waals surface area contributed by atoms with E-state index in [1.807, 2.05) is 11.8 Å². The van der Waals surface area contributed by atoms with Gasteiger partial charge in [-0.15, -0.1) is 0 Å². The van der Waals surface area contributed by atoms with Gasteiger partial charge in [0.15, 0.2) is 0 Å². The van der Waals surface area contributed by atoms with Gasteiger partial charge in [0.05, 0.1) is 25.5 Å². The molecule has 0 saturated carbocycles. The SMILES string of the molecule is CCNC(=O)N1CCC[C@H](Oc2nc(C(C)C)nc3c2CCOCC3)C1. The average molecular weight is 362 g/mol. The van der Waals surface area contributed by atoms with Crippen molar-refractivity contribution in [2.45, 2.75) is 58.5 Å². The summed E-state index contributed by atoms with van der Waals surface area (Å²) in [6, 6.07) is -0.0152. The molecule has 1 saturated heterocycles. The van der Waals surface area contributed by atoms with Crippen LogP contribution in [0.4, 0.5) is 4.79 Å². The lowest BCUT2D eigenvalue weighted by molar-refractivity contribution is 0.0962. The third kappa shape index (κ3) is 4.44. The van der Waals surface area contributed by atoms with E-state index in [1.165, 1.54) is 0 Å². The van der Waals surface area contributed by atoms with Crippen molar-refractivity contribution in [1.82, 2.24) is 20.2 Å². The third-order valence-corrected chi connectivity index (χ3v) is 4.84. The molecule has 144 valence electrons. The summed E-state index contributed by atoms with van der Waals surface area (Å²) in [7, 11) is 0. The largest absolute Gasteiger partial charge is 0.472 e. The highest BCUT2D eigenvalue weighted by atomic mass is 16.5. The zero-order chi connectivity index (χ0) is 18.5. The number of fused-ring (bicyclic) bond motifs is 1. The number of carbonyl (C=O) groups is 1. The zero-order valence-electron chi connectivity index (χ0n) is 16.1. The molecule has 26 heavy (non-hydrogen) atoms. The number of nitrogens with zero attached hydrogens (tertiary/aromatic N) is 3. The first kappa shape index (κ1) is 18.9. The number of carbonyl (C=O) groups excluding carboxylic acids is 1. The molecule has 3 heterocycles. The zero-order valence-corrected chi connectivity index (χ0v) is 16.1. The van der Waals surface area contributed by atoms with E-state index < -0.39 is 0 Å². The second-order valence-corrected chi connectivity index (χ2v) is 7.24. The van der Waals surface area contributed by atoms with Crippen LogP contribution in [0.3, 0.4) is 0 Å². The molecule has 2 amide bonds. The number of likely N-dealkylation sites (tertiary alicyclic amines) is 1. The maximum atomic E-state index is 12.1. The van der Waals surface area contributed by atoms with E-state index in [2.05, 4.69) is 19.2 Å². The number of hydrogen-bond acceptors (Lipinski definition) is 5. The Bertz CT molecular complexity index is 635. The Kier molecular flexibility index (Phi) is 6.29. The molecule has 1 N–H and O–H groups in total. The summed E-state index contributed by atoms with van der Waals surface area (Å²) in [6.45, 7) is 9.49. The fraction of sp³-hybridized carbons (Fsp3) is 0.737. The molecule has 0 radical (unpaired) electrons. The van der Waals surface area contributed by atoms with E-state index in [4.69, 9.17) is 19.4 Å². The van der Waals surface area contributed by atoms with Gasteiger partial charge in [-0.2, -0.15) is 4.98 Å². The molecule has 2 aliphatic rings. The number of amides is 2. The number of urea groups is 1. The van der Waals surface area contributed by atoms with Crippen LogP contribution in [-0.2, 0) is 17.6 Å². The topological polar surface area (TPSA) is 76.6 Å². The molecule has 7 heteroatoms. The van der Waals surface area contributed by atoms with E-state index in [9.17, 15) is 4.79 Å². The quantitative estimate of drug-likeness (QED) is 0.889. The van der Waals surface area contributed by atoms with Crippen molar-refractivity contribution in [3.63, 3.8) is 0 Å². The number of piperidine rings is 1. The van der Waals surface area contributed by atoms with Crippen molar-refractivity contribution in [1.29, 1.82) is 0 Å². The molecule has 1 aromatic rings. The highest BCUT2D eigenvalue weighted by Gasteiger charge is 2.27. The minimum atomic E-state index is -0.0328. The van der Waals surface area contributed by atoms with Crippen molar-refractivity contribution >= 4 is 6.03 Å². The fourth-order valence-corrected chi connectivity index (χ4v) is 3.42. The maximum Gasteiger partial charge on any atom is 0.317 e. The Morgan fingerprint density at radius 2 is 2.15 bits per heavy atom. The first-order chi connectivity index (χ1) is 12.6. The summed E-state index contributed by atoms with van der Waals surface area (Å²) in [6.07, 6.45) is 3.41. The Labute approximate surface area is 155 Å². The summed E-state index contributed by atoms with van der Waals surface area (Å²) < 4.78 is 11.9. The van der Waals surface area contributed by atoms with Crippen LogP contribution in [0.25, 0.3) is 0 Å². The van der Waals surface area contributed by atoms with Crippen LogP contribution in [-0.4, -0.2) is 59.9 Å². The van der Waals surface area contributed by atoms with Crippen LogP contribution in [0.2, 0.25) is 0 Å². The molecule has 1 fully saturated rings. The average Bonchev–Trinajstić information content (AvgIpc) is 2.87. The van der Waals surface area contributed by atoms with Gasteiger partial charge >= 0.3 is 6.03 Å². The molecular weight excluding hydrogens is 332 g/mol. The molecule has 7 nitrogen and oxygen atoms in total. The second kappa shape index (κ2) is 8.66. The second-order valence-electron chi connectivity index (χ2n) is 7.24. The van der Waals surface area contributed by atoms with Crippen molar-refractivity contribution in [3.8, 4) is 5.88 Å². The monoisotopic (exact) mass is 362 g/mol. The molecule has 1 atom stereocenters. The molecule has 0 aliphatic carbocycles. The van der Waals surface area contributed by atoms with Gasteiger partial charge in [0.1, 0.15) is 11.9 Å². The summed E-state index contributed by atoms with van der Waals surface area (Å²) in [5, 5.41) is 2.87. The lowest BCUT2D eigenvalue weighted by Gasteiger charge is -2.33. The molecule has 1 aromatic heterocycles. The summed E-state index contributed by atoms with van der Waals surface area (Å²) in [4.78, 5) is 23.4. The minimum absolute atomic E-state index is 0.0152. The standard InChI is InChI=1S/C19H30N4O3/c1-4-20-19(24)23-9-5-6-14(12-23)26-18-15-7-10-25-11-8-16(15)21-17(22-18)13(2)3/h13-14H,4-12H2,1-3H3,(H,20,24)/t14-/m0/s1. The molecule has 0 bridgehead atoms. The van der Waals surface area contributed by atoms with Crippen molar-refractivity contribution in [3.05, 3.63) is 17.1 Å². The molecular formula is C19H30N4O3. The van der Waals surface area contributed by atoms with Gasteiger partial charge in [-0.05, 0) is 19.8 Å².